The number of ether oxygens (including phenoxy) is 3. The summed E-state index contributed by atoms with van der Waals surface area (Å²) in [4.78, 5) is 47.5. The number of nitrogens with one attached hydrogen (secondary N) is 1. The van der Waals surface area contributed by atoms with Crippen LogP contribution in [0.4, 0.5) is 0 Å². The van der Waals surface area contributed by atoms with E-state index < -0.39 is 54.1 Å². The molecule has 1 aliphatic carbocycles. The topological polar surface area (TPSA) is 128 Å². The highest BCUT2D eigenvalue weighted by Gasteiger charge is 2.53. The van der Waals surface area contributed by atoms with Crippen molar-refractivity contribution in [3.63, 3.8) is 0 Å². The van der Waals surface area contributed by atoms with Crippen molar-refractivity contribution >= 4 is 23.8 Å². The van der Waals surface area contributed by atoms with Gasteiger partial charge in [0.1, 0.15) is 11.9 Å². The Morgan fingerprint density at radius 3 is 2.21 bits per heavy atom. The lowest BCUT2D eigenvalue weighted by molar-refractivity contribution is -0.194. The number of amides is 1. The molecule has 28 heavy (non-hydrogen) atoms. The molecule has 0 saturated heterocycles. The molecule has 1 fully saturated rings. The van der Waals surface area contributed by atoms with E-state index in [9.17, 15) is 24.3 Å². The molecular weight excluding hydrogens is 370 g/mol. The maximum atomic E-state index is 12.5. The SMILES string of the molecule is CC(=O)O[C@H]1[C@@H]2NC(=O)c3ccc(O)cc3[C@H]2C[C@H](OC(C)=O)[C@H]1OC(C)=O. The molecule has 1 aromatic rings. The number of carbonyl (C=O) groups is 4. The Labute approximate surface area is 160 Å². The lowest BCUT2D eigenvalue weighted by atomic mass is 9.72. The quantitative estimate of drug-likeness (QED) is 0.572. The van der Waals surface area contributed by atoms with Crippen LogP contribution in [0.15, 0.2) is 18.2 Å². The van der Waals surface area contributed by atoms with Crippen LogP contribution in [-0.4, -0.2) is 53.3 Å². The van der Waals surface area contributed by atoms with Crippen LogP contribution in [0, 0.1) is 0 Å². The third kappa shape index (κ3) is 3.78. The zero-order valence-corrected chi connectivity index (χ0v) is 15.6. The highest BCUT2D eigenvalue weighted by atomic mass is 16.6. The highest BCUT2D eigenvalue weighted by molar-refractivity contribution is 5.97. The molecular formula is C19H21NO8. The number of esters is 3. The van der Waals surface area contributed by atoms with E-state index in [2.05, 4.69) is 5.32 Å². The van der Waals surface area contributed by atoms with Gasteiger partial charge in [0.15, 0.2) is 12.2 Å². The van der Waals surface area contributed by atoms with Crippen LogP contribution in [0.1, 0.15) is 49.0 Å². The number of hydrogen-bond donors (Lipinski definition) is 2. The number of carbonyl (C=O) groups excluding carboxylic acids is 4. The molecule has 150 valence electrons. The summed E-state index contributed by atoms with van der Waals surface area (Å²) in [6.07, 6.45) is -2.83. The fourth-order valence-electron chi connectivity index (χ4n) is 3.97. The Bertz CT molecular complexity index is 835. The number of phenols is 1. The first-order valence-corrected chi connectivity index (χ1v) is 8.82. The molecule has 1 saturated carbocycles. The van der Waals surface area contributed by atoms with Gasteiger partial charge in [0.25, 0.3) is 5.91 Å². The van der Waals surface area contributed by atoms with Crippen LogP contribution in [0.5, 0.6) is 5.75 Å². The van der Waals surface area contributed by atoms with E-state index in [4.69, 9.17) is 14.2 Å². The predicted octanol–water partition coefficient (Wildman–Crippen LogP) is 0.787. The summed E-state index contributed by atoms with van der Waals surface area (Å²) >= 11 is 0. The summed E-state index contributed by atoms with van der Waals surface area (Å²) in [5.74, 6) is -2.72. The number of rotatable bonds is 3. The van der Waals surface area contributed by atoms with Crippen LogP contribution in [-0.2, 0) is 28.6 Å². The van der Waals surface area contributed by atoms with Crippen LogP contribution in [0.25, 0.3) is 0 Å². The van der Waals surface area contributed by atoms with Gasteiger partial charge in [0, 0.05) is 32.3 Å². The van der Waals surface area contributed by atoms with Gasteiger partial charge < -0.3 is 24.6 Å². The molecule has 1 aliphatic heterocycles. The smallest absolute Gasteiger partial charge is 0.303 e. The summed E-state index contributed by atoms with van der Waals surface area (Å²) in [5, 5.41) is 12.7. The van der Waals surface area contributed by atoms with Gasteiger partial charge >= 0.3 is 17.9 Å². The van der Waals surface area contributed by atoms with Crippen LogP contribution >= 0.6 is 0 Å². The number of phenolic OH excluding ortho intramolecular Hbond substituents is 1. The van der Waals surface area contributed by atoms with Gasteiger partial charge in [-0.2, -0.15) is 0 Å². The van der Waals surface area contributed by atoms with Crippen molar-refractivity contribution < 1.29 is 38.5 Å². The van der Waals surface area contributed by atoms with E-state index in [-0.39, 0.29) is 12.2 Å². The van der Waals surface area contributed by atoms with Gasteiger partial charge in [-0.05, 0) is 30.2 Å². The third-order valence-electron chi connectivity index (χ3n) is 4.86. The van der Waals surface area contributed by atoms with Crippen LogP contribution < -0.4 is 5.32 Å². The van der Waals surface area contributed by atoms with Gasteiger partial charge in [-0.3, -0.25) is 19.2 Å². The molecule has 9 heteroatoms. The zero-order chi connectivity index (χ0) is 20.6. The Morgan fingerprint density at radius 1 is 1.00 bits per heavy atom. The molecule has 2 N–H and O–H groups in total. The Kier molecular flexibility index (Phi) is 5.26. The molecule has 1 heterocycles. The third-order valence-corrected chi connectivity index (χ3v) is 4.86. The predicted molar refractivity (Wildman–Crippen MR) is 93.4 cm³/mol. The standard InChI is InChI=1S/C19H21NO8/c1-8(21)26-15-7-14-13-6-11(24)4-5-12(13)19(25)20-16(14)18(28-10(3)23)17(15)27-9(2)22/h4-6,14-18,24H,7H2,1-3H3,(H,20,25)/t14-,15+,16-,17-,18+/m1/s1. The number of hydrogen-bond acceptors (Lipinski definition) is 8. The summed E-state index contributed by atoms with van der Waals surface area (Å²) in [6.45, 7) is 3.61. The fourth-order valence-corrected chi connectivity index (χ4v) is 3.97. The van der Waals surface area contributed by atoms with Crippen molar-refractivity contribution in [1.82, 2.24) is 5.32 Å². The molecule has 0 radical (unpaired) electrons. The molecule has 0 spiro atoms. The monoisotopic (exact) mass is 391 g/mol. The molecule has 1 amide bonds. The normalized spacial score (nSPS) is 28.2. The zero-order valence-electron chi connectivity index (χ0n) is 15.6. The minimum Gasteiger partial charge on any atom is -0.508 e. The van der Waals surface area contributed by atoms with Gasteiger partial charge in [0.2, 0.25) is 0 Å². The lowest BCUT2D eigenvalue weighted by Gasteiger charge is -2.47. The largest absolute Gasteiger partial charge is 0.508 e. The molecule has 2 aliphatic rings. The Balaban J connectivity index is 2.08. The Hall–Kier alpha value is -3.10. The van der Waals surface area contributed by atoms with E-state index in [0.717, 1.165) is 0 Å². The maximum absolute atomic E-state index is 12.5. The summed E-state index contributed by atoms with van der Waals surface area (Å²) in [6, 6.07) is 3.64. The molecule has 0 unspecified atom stereocenters. The average Bonchev–Trinajstić information content (AvgIpc) is 2.57. The summed E-state index contributed by atoms with van der Waals surface area (Å²) < 4.78 is 16.1. The van der Waals surface area contributed by atoms with E-state index in [0.29, 0.717) is 11.1 Å². The van der Waals surface area contributed by atoms with E-state index in [1.807, 2.05) is 0 Å². The first-order valence-electron chi connectivity index (χ1n) is 8.82. The highest BCUT2D eigenvalue weighted by Crippen LogP contribution is 2.42. The lowest BCUT2D eigenvalue weighted by Crippen LogP contribution is -2.63. The van der Waals surface area contributed by atoms with Crippen molar-refractivity contribution in [2.45, 2.75) is 57.5 Å². The number of benzene rings is 1. The molecule has 0 aromatic heterocycles. The van der Waals surface area contributed by atoms with Gasteiger partial charge in [0.05, 0.1) is 6.04 Å². The van der Waals surface area contributed by atoms with Crippen molar-refractivity contribution in [2.75, 3.05) is 0 Å². The maximum Gasteiger partial charge on any atom is 0.303 e. The second-order valence-electron chi connectivity index (χ2n) is 6.91. The second kappa shape index (κ2) is 7.49. The van der Waals surface area contributed by atoms with Crippen LogP contribution in [0.2, 0.25) is 0 Å². The van der Waals surface area contributed by atoms with Gasteiger partial charge in [-0.1, -0.05) is 0 Å². The van der Waals surface area contributed by atoms with Crippen molar-refractivity contribution in [1.29, 1.82) is 0 Å². The van der Waals surface area contributed by atoms with Crippen LogP contribution in [0.3, 0.4) is 0 Å². The van der Waals surface area contributed by atoms with Gasteiger partial charge in [-0.25, -0.2) is 0 Å². The van der Waals surface area contributed by atoms with Crippen molar-refractivity contribution in [3.8, 4) is 5.75 Å². The second-order valence-corrected chi connectivity index (χ2v) is 6.91. The van der Waals surface area contributed by atoms with Crippen molar-refractivity contribution in [2.24, 2.45) is 0 Å². The van der Waals surface area contributed by atoms with Crippen molar-refractivity contribution in [3.05, 3.63) is 29.3 Å². The first-order chi connectivity index (χ1) is 13.2. The number of aromatic hydroxyl groups is 1. The minimum atomic E-state index is -1.08. The Morgan fingerprint density at radius 2 is 1.61 bits per heavy atom. The van der Waals surface area contributed by atoms with E-state index >= 15 is 0 Å². The molecule has 5 atom stereocenters. The van der Waals surface area contributed by atoms with E-state index in [1.165, 1.54) is 39.0 Å². The molecule has 3 rings (SSSR count). The molecule has 1 aromatic carbocycles. The van der Waals surface area contributed by atoms with E-state index in [1.54, 1.807) is 0 Å². The number of fused-ring (bicyclic) bond motifs is 3. The summed E-state index contributed by atoms with van der Waals surface area (Å²) in [5.41, 5.74) is 0.914. The molecule has 9 nitrogen and oxygen atoms in total. The molecule has 0 bridgehead atoms. The summed E-state index contributed by atoms with van der Waals surface area (Å²) in [7, 11) is 0. The minimum absolute atomic E-state index is 0.0256. The average molecular weight is 391 g/mol. The fraction of sp³-hybridized carbons (Fsp3) is 0.474. The van der Waals surface area contributed by atoms with Gasteiger partial charge in [-0.15, -0.1) is 0 Å². The first kappa shape index (κ1) is 19.7.